The number of nitrogens with one attached hydrogen (secondary N) is 2. The first-order chi connectivity index (χ1) is 11.3. The molecule has 23 heavy (non-hydrogen) atoms. The van der Waals surface area contributed by atoms with E-state index in [1.165, 1.54) is 10.6 Å². The maximum atomic E-state index is 11.8. The third kappa shape index (κ3) is 4.69. The first kappa shape index (κ1) is 15.8. The second kappa shape index (κ2) is 7.97. The SMILES string of the molecule is O=C(NCc1cccs1)NCC1CCN(c2cccnc2)CC1. The molecule has 5 nitrogen and oxygen atoms in total. The van der Waals surface area contributed by atoms with Crippen LogP contribution in [0, 0.1) is 5.92 Å². The number of urea groups is 1. The Hall–Kier alpha value is -2.08. The highest BCUT2D eigenvalue weighted by molar-refractivity contribution is 7.09. The summed E-state index contributed by atoms with van der Waals surface area (Å²) in [4.78, 5) is 19.5. The zero-order valence-corrected chi connectivity index (χ0v) is 13.9. The Morgan fingerprint density at radius 2 is 2.13 bits per heavy atom. The molecule has 1 aliphatic heterocycles. The van der Waals surface area contributed by atoms with Crippen molar-refractivity contribution in [3.63, 3.8) is 0 Å². The number of rotatable bonds is 5. The van der Waals surface area contributed by atoms with Crippen LogP contribution in [0.25, 0.3) is 0 Å². The van der Waals surface area contributed by atoms with Crippen molar-refractivity contribution >= 4 is 23.1 Å². The minimum absolute atomic E-state index is 0.0758. The Balaban J connectivity index is 1.35. The molecule has 2 N–H and O–H groups in total. The monoisotopic (exact) mass is 330 g/mol. The summed E-state index contributed by atoms with van der Waals surface area (Å²) >= 11 is 1.66. The maximum absolute atomic E-state index is 11.8. The zero-order chi connectivity index (χ0) is 15.9. The molecule has 0 unspecified atom stereocenters. The van der Waals surface area contributed by atoms with Gasteiger partial charge in [-0.25, -0.2) is 4.79 Å². The fourth-order valence-electron chi connectivity index (χ4n) is 2.82. The Labute approximate surface area is 140 Å². The summed E-state index contributed by atoms with van der Waals surface area (Å²) in [5.74, 6) is 0.551. The van der Waals surface area contributed by atoms with E-state index in [2.05, 4.69) is 26.6 Å². The molecule has 3 rings (SSSR count). The molecule has 2 amide bonds. The lowest BCUT2D eigenvalue weighted by molar-refractivity contribution is 0.237. The Bertz CT molecular complexity index is 594. The fourth-order valence-corrected chi connectivity index (χ4v) is 3.46. The lowest BCUT2D eigenvalue weighted by atomic mass is 9.96. The van der Waals surface area contributed by atoms with Crippen molar-refractivity contribution in [2.45, 2.75) is 19.4 Å². The lowest BCUT2D eigenvalue weighted by Crippen LogP contribution is -2.41. The van der Waals surface area contributed by atoms with E-state index >= 15 is 0 Å². The van der Waals surface area contributed by atoms with Crippen LogP contribution in [0.15, 0.2) is 42.0 Å². The van der Waals surface area contributed by atoms with Crippen LogP contribution in [-0.2, 0) is 6.54 Å². The van der Waals surface area contributed by atoms with E-state index in [9.17, 15) is 4.79 Å². The van der Waals surface area contributed by atoms with Gasteiger partial charge < -0.3 is 15.5 Å². The molecule has 0 bridgehead atoms. The van der Waals surface area contributed by atoms with Crippen LogP contribution in [-0.4, -0.2) is 30.6 Å². The third-order valence-electron chi connectivity index (χ3n) is 4.18. The van der Waals surface area contributed by atoms with Crippen molar-refractivity contribution in [1.82, 2.24) is 15.6 Å². The fraction of sp³-hybridized carbons (Fsp3) is 0.412. The van der Waals surface area contributed by atoms with Crippen molar-refractivity contribution in [2.75, 3.05) is 24.5 Å². The number of nitrogens with zero attached hydrogens (tertiary/aromatic N) is 2. The van der Waals surface area contributed by atoms with Crippen LogP contribution < -0.4 is 15.5 Å². The first-order valence-corrected chi connectivity index (χ1v) is 8.88. The van der Waals surface area contributed by atoms with E-state index in [1.807, 2.05) is 29.8 Å². The van der Waals surface area contributed by atoms with E-state index in [0.29, 0.717) is 12.5 Å². The van der Waals surface area contributed by atoms with E-state index < -0.39 is 0 Å². The van der Waals surface area contributed by atoms with E-state index in [4.69, 9.17) is 0 Å². The summed E-state index contributed by atoms with van der Waals surface area (Å²) in [6, 6.07) is 8.02. The maximum Gasteiger partial charge on any atom is 0.315 e. The van der Waals surface area contributed by atoms with E-state index in [-0.39, 0.29) is 6.03 Å². The Morgan fingerprint density at radius 1 is 1.26 bits per heavy atom. The van der Waals surface area contributed by atoms with Gasteiger partial charge in [0.2, 0.25) is 0 Å². The number of carbonyl (C=O) groups excluding carboxylic acids is 1. The number of hydrogen-bond donors (Lipinski definition) is 2. The third-order valence-corrected chi connectivity index (χ3v) is 5.06. The number of amides is 2. The van der Waals surface area contributed by atoms with Crippen LogP contribution in [0.4, 0.5) is 10.5 Å². The molecule has 2 aromatic rings. The predicted octanol–water partition coefficient (Wildman–Crippen LogP) is 2.86. The van der Waals surface area contributed by atoms with Crippen molar-refractivity contribution in [2.24, 2.45) is 5.92 Å². The molecule has 1 aliphatic rings. The van der Waals surface area contributed by atoms with Gasteiger partial charge >= 0.3 is 6.03 Å². The molecule has 3 heterocycles. The highest BCUT2D eigenvalue weighted by atomic mass is 32.1. The van der Waals surface area contributed by atoms with Gasteiger partial charge in [-0.05, 0) is 42.3 Å². The Morgan fingerprint density at radius 3 is 2.83 bits per heavy atom. The van der Waals surface area contributed by atoms with Crippen molar-refractivity contribution in [1.29, 1.82) is 0 Å². The largest absolute Gasteiger partial charge is 0.370 e. The Kier molecular flexibility index (Phi) is 5.47. The molecule has 0 aliphatic carbocycles. The highest BCUT2D eigenvalue weighted by Crippen LogP contribution is 2.21. The van der Waals surface area contributed by atoms with E-state index in [1.54, 1.807) is 17.5 Å². The minimum atomic E-state index is -0.0758. The highest BCUT2D eigenvalue weighted by Gasteiger charge is 2.19. The number of pyridine rings is 1. The van der Waals surface area contributed by atoms with Gasteiger partial charge in [-0.2, -0.15) is 0 Å². The summed E-state index contributed by atoms with van der Waals surface area (Å²) in [6.45, 7) is 3.39. The molecule has 6 heteroatoms. The van der Waals surface area contributed by atoms with Crippen LogP contribution >= 0.6 is 11.3 Å². The quantitative estimate of drug-likeness (QED) is 0.886. The standard InChI is InChI=1S/C17H22N4OS/c22-17(20-13-16-4-2-10-23-16)19-11-14-5-8-21(9-6-14)15-3-1-7-18-12-15/h1-4,7,10,12,14H,5-6,8-9,11,13H2,(H2,19,20,22). The predicted molar refractivity (Wildman–Crippen MR) is 93.7 cm³/mol. The molecule has 0 atom stereocenters. The van der Waals surface area contributed by atoms with Crippen LogP contribution in [0.2, 0.25) is 0 Å². The molecule has 0 radical (unpaired) electrons. The van der Waals surface area contributed by atoms with Crippen molar-refractivity contribution in [3.8, 4) is 0 Å². The summed E-state index contributed by atoms with van der Waals surface area (Å²) in [5, 5.41) is 7.91. The molecule has 2 aromatic heterocycles. The average molecular weight is 330 g/mol. The molecule has 0 spiro atoms. The van der Waals surface area contributed by atoms with Gasteiger partial charge in [0.1, 0.15) is 0 Å². The average Bonchev–Trinajstić information content (AvgIpc) is 3.13. The molecular formula is C17H22N4OS. The molecule has 1 fully saturated rings. The molecule has 0 saturated carbocycles. The zero-order valence-electron chi connectivity index (χ0n) is 13.1. The summed E-state index contributed by atoms with van der Waals surface area (Å²) in [5.41, 5.74) is 1.19. The van der Waals surface area contributed by atoms with E-state index in [0.717, 1.165) is 32.5 Å². The number of aromatic nitrogens is 1. The molecule has 0 aromatic carbocycles. The molecule has 1 saturated heterocycles. The molecular weight excluding hydrogens is 308 g/mol. The summed E-state index contributed by atoms with van der Waals surface area (Å²) in [6.07, 6.45) is 5.91. The van der Waals surface area contributed by atoms with Gasteiger partial charge in [0.05, 0.1) is 18.4 Å². The number of hydrogen-bond acceptors (Lipinski definition) is 4. The van der Waals surface area contributed by atoms with Gasteiger partial charge in [0.15, 0.2) is 0 Å². The topological polar surface area (TPSA) is 57.3 Å². The second-order valence-corrected chi connectivity index (χ2v) is 6.82. The summed E-state index contributed by atoms with van der Waals surface area (Å²) < 4.78 is 0. The minimum Gasteiger partial charge on any atom is -0.370 e. The van der Waals surface area contributed by atoms with Gasteiger partial charge in [-0.3, -0.25) is 4.98 Å². The summed E-state index contributed by atoms with van der Waals surface area (Å²) in [7, 11) is 0. The number of carbonyl (C=O) groups is 1. The normalized spacial score (nSPS) is 15.4. The van der Waals surface area contributed by atoms with Gasteiger partial charge in [0.25, 0.3) is 0 Å². The van der Waals surface area contributed by atoms with Crippen molar-refractivity contribution < 1.29 is 4.79 Å². The van der Waals surface area contributed by atoms with Gasteiger partial charge in [-0.15, -0.1) is 11.3 Å². The lowest BCUT2D eigenvalue weighted by Gasteiger charge is -2.33. The number of piperidine rings is 1. The number of anilines is 1. The second-order valence-electron chi connectivity index (χ2n) is 5.78. The van der Waals surface area contributed by atoms with Crippen LogP contribution in [0.1, 0.15) is 17.7 Å². The van der Waals surface area contributed by atoms with Gasteiger partial charge in [0, 0.05) is 30.7 Å². The van der Waals surface area contributed by atoms with Gasteiger partial charge in [-0.1, -0.05) is 6.07 Å². The smallest absolute Gasteiger partial charge is 0.315 e. The molecule has 122 valence electrons. The van der Waals surface area contributed by atoms with Crippen molar-refractivity contribution in [3.05, 3.63) is 46.9 Å². The number of thiophene rings is 1. The first-order valence-electron chi connectivity index (χ1n) is 8.00. The van der Waals surface area contributed by atoms with Crippen LogP contribution in [0.5, 0.6) is 0 Å². The van der Waals surface area contributed by atoms with Crippen LogP contribution in [0.3, 0.4) is 0 Å².